The molecule has 0 spiro atoms. The Morgan fingerprint density at radius 2 is 1.89 bits per heavy atom. The lowest BCUT2D eigenvalue weighted by atomic mass is 10.1. The number of anilines is 1. The largest absolute Gasteiger partial charge is 0.345 e. The summed E-state index contributed by atoms with van der Waals surface area (Å²) in [5.41, 5.74) is 0.730. The molecule has 0 atom stereocenters. The van der Waals surface area contributed by atoms with Gasteiger partial charge in [0.1, 0.15) is 5.78 Å². The van der Waals surface area contributed by atoms with E-state index >= 15 is 0 Å². The summed E-state index contributed by atoms with van der Waals surface area (Å²) in [6, 6.07) is 4.59. The summed E-state index contributed by atoms with van der Waals surface area (Å²) in [5, 5.41) is 2.85. The average Bonchev–Trinajstić information content (AvgIpc) is 2.29. The SMILES string of the molecule is CC(=O)CC(=O)Nc1ccc(Cl)c(C(=O)N(C)C)c1. The Hall–Kier alpha value is -1.88. The Labute approximate surface area is 116 Å². The maximum Gasteiger partial charge on any atom is 0.254 e. The molecule has 0 unspecified atom stereocenters. The van der Waals surface area contributed by atoms with Crippen LogP contribution in [0, 0.1) is 0 Å². The third-order valence-electron chi connectivity index (χ3n) is 2.30. The number of rotatable bonds is 4. The zero-order valence-corrected chi connectivity index (χ0v) is 11.7. The predicted molar refractivity (Wildman–Crippen MR) is 73.4 cm³/mol. The molecule has 0 radical (unpaired) electrons. The normalized spacial score (nSPS) is 9.89. The Balaban J connectivity index is 2.93. The number of ketones is 1. The molecule has 2 amide bonds. The van der Waals surface area contributed by atoms with Crippen molar-refractivity contribution in [1.82, 2.24) is 4.90 Å². The minimum absolute atomic E-state index is 0.195. The molecule has 1 rings (SSSR count). The highest BCUT2D eigenvalue weighted by atomic mass is 35.5. The van der Waals surface area contributed by atoms with E-state index in [9.17, 15) is 14.4 Å². The van der Waals surface area contributed by atoms with E-state index in [4.69, 9.17) is 11.6 Å². The molecule has 6 heteroatoms. The van der Waals surface area contributed by atoms with E-state index in [1.54, 1.807) is 20.2 Å². The van der Waals surface area contributed by atoms with Crippen LogP contribution in [0.3, 0.4) is 0 Å². The van der Waals surface area contributed by atoms with Crippen LogP contribution in [0.4, 0.5) is 5.69 Å². The van der Waals surface area contributed by atoms with Gasteiger partial charge < -0.3 is 10.2 Å². The smallest absolute Gasteiger partial charge is 0.254 e. The Kier molecular flexibility index (Phi) is 5.06. The van der Waals surface area contributed by atoms with Gasteiger partial charge >= 0.3 is 0 Å². The Morgan fingerprint density at radius 1 is 1.26 bits per heavy atom. The van der Waals surface area contributed by atoms with Crippen LogP contribution in [-0.2, 0) is 9.59 Å². The van der Waals surface area contributed by atoms with Gasteiger partial charge in [0.2, 0.25) is 5.91 Å². The highest BCUT2D eigenvalue weighted by Crippen LogP contribution is 2.21. The molecule has 0 aliphatic heterocycles. The minimum atomic E-state index is -0.418. The van der Waals surface area contributed by atoms with Crippen molar-refractivity contribution in [1.29, 1.82) is 0 Å². The van der Waals surface area contributed by atoms with E-state index < -0.39 is 5.91 Å². The predicted octanol–water partition coefficient (Wildman–Crippen LogP) is 1.96. The number of hydrogen-bond donors (Lipinski definition) is 1. The lowest BCUT2D eigenvalue weighted by Gasteiger charge is -2.13. The second-order valence-electron chi connectivity index (χ2n) is 4.32. The van der Waals surface area contributed by atoms with Crippen molar-refractivity contribution in [3.05, 3.63) is 28.8 Å². The topological polar surface area (TPSA) is 66.5 Å². The van der Waals surface area contributed by atoms with Crippen LogP contribution in [0.5, 0.6) is 0 Å². The zero-order valence-electron chi connectivity index (χ0n) is 11.0. The van der Waals surface area contributed by atoms with E-state index in [0.29, 0.717) is 16.3 Å². The number of carbonyl (C=O) groups excluding carboxylic acids is 3. The summed E-state index contributed by atoms with van der Waals surface area (Å²) in [7, 11) is 3.22. The Bertz CT molecular complexity index is 527. The first-order chi connectivity index (χ1) is 8.81. The fourth-order valence-electron chi connectivity index (χ4n) is 1.44. The lowest BCUT2D eigenvalue weighted by molar-refractivity contribution is -0.124. The molecule has 0 saturated heterocycles. The molecule has 19 heavy (non-hydrogen) atoms. The van der Waals surface area contributed by atoms with Gasteiger partial charge in [-0.2, -0.15) is 0 Å². The molecule has 102 valence electrons. The number of amides is 2. The van der Waals surface area contributed by atoms with Gasteiger partial charge in [0.05, 0.1) is 17.0 Å². The maximum atomic E-state index is 11.9. The molecular formula is C13H15ClN2O3. The maximum absolute atomic E-state index is 11.9. The second-order valence-corrected chi connectivity index (χ2v) is 4.73. The average molecular weight is 283 g/mol. The van der Waals surface area contributed by atoms with Gasteiger partial charge in [-0.15, -0.1) is 0 Å². The van der Waals surface area contributed by atoms with Crippen LogP contribution in [0.25, 0.3) is 0 Å². The number of benzene rings is 1. The summed E-state index contributed by atoms with van der Waals surface area (Å²) in [6.07, 6.45) is -0.195. The fourth-order valence-corrected chi connectivity index (χ4v) is 1.64. The van der Waals surface area contributed by atoms with E-state index in [2.05, 4.69) is 5.32 Å². The van der Waals surface area contributed by atoms with Gasteiger partial charge in [-0.3, -0.25) is 14.4 Å². The van der Waals surface area contributed by atoms with Gasteiger partial charge in [-0.1, -0.05) is 11.6 Å². The van der Waals surface area contributed by atoms with Crippen LogP contribution in [0.15, 0.2) is 18.2 Å². The third kappa shape index (κ3) is 4.37. The molecule has 0 saturated carbocycles. The van der Waals surface area contributed by atoms with Crippen molar-refractivity contribution in [2.24, 2.45) is 0 Å². The van der Waals surface area contributed by atoms with E-state index in [-0.39, 0.29) is 18.1 Å². The fraction of sp³-hybridized carbons (Fsp3) is 0.308. The van der Waals surface area contributed by atoms with Gasteiger partial charge in [-0.05, 0) is 25.1 Å². The van der Waals surface area contributed by atoms with Gasteiger partial charge in [-0.25, -0.2) is 0 Å². The number of carbonyl (C=O) groups is 3. The molecule has 0 fully saturated rings. The van der Waals surface area contributed by atoms with Crippen molar-refractivity contribution in [3.63, 3.8) is 0 Å². The standard InChI is InChI=1S/C13H15ClN2O3/c1-8(17)6-12(18)15-9-4-5-11(14)10(7-9)13(19)16(2)3/h4-5,7H,6H2,1-3H3,(H,15,18). The Morgan fingerprint density at radius 3 is 2.42 bits per heavy atom. The summed E-state index contributed by atoms with van der Waals surface area (Å²) < 4.78 is 0. The van der Waals surface area contributed by atoms with Crippen LogP contribution in [0.1, 0.15) is 23.7 Å². The monoisotopic (exact) mass is 282 g/mol. The van der Waals surface area contributed by atoms with Gasteiger partial charge in [0.25, 0.3) is 5.91 Å². The molecular weight excluding hydrogens is 268 g/mol. The number of Topliss-reactive ketones (excluding diaryl/α,β-unsaturated/α-hetero) is 1. The number of hydrogen-bond acceptors (Lipinski definition) is 3. The summed E-state index contributed by atoms with van der Waals surface area (Å²) in [6.45, 7) is 1.34. The number of nitrogens with one attached hydrogen (secondary N) is 1. The molecule has 0 heterocycles. The third-order valence-corrected chi connectivity index (χ3v) is 2.63. The van der Waals surface area contributed by atoms with Crippen LogP contribution in [0.2, 0.25) is 5.02 Å². The van der Waals surface area contributed by atoms with Gasteiger partial charge in [0.15, 0.2) is 0 Å². The second kappa shape index (κ2) is 6.33. The molecule has 0 aliphatic rings. The highest BCUT2D eigenvalue weighted by molar-refractivity contribution is 6.34. The molecule has 5 nitrogen and oxygen atoms in total. The van der Waals surface area contributed by atoms with Crippen molar-refractivity contribution >= 4 is 34.9 Å². The molecule has 1 aromatic carbocycles. The first-order valence-electron chi connectivity index (χ1n) is 5.61. The van der Waals surface area contributed by atoms with Crippen molar-refractivity contribution < 1.29 is 14.4 Å². The highest BCUT2D eigenvalue weighted by Gasteiger charge is 2.14. The van der Waals surface area contributed by atoms with Gasteiger partial charge in [0, 0.05) is 19.8 Å². The van der Waals surface area contributed by atoms with E-state index in [1.807, 2.05) is 0 Å². The first kappa shape index (κ1) is 15.2. The zero-order chi connectivity index (χ0) is 14.6. The summed E-state index contributed by atoms with van der Waals surface area (Å²) in [4.78, 5) is 35.5. The number of nitrogens with zero attached hydrogens (tertiary/aromatic N) is 1. The molecule has 1 aromatic rings. The summed E-state index contributed by atoms with van der Waals surface area (Å²) >= 11 is 5.94. The quantitative estimate of drug-likeness (QED) is 0.859. The van der Waals surface area contributed by atoms with E-state index in [0.717, 1.165) is 0 Å². The molecule has 0 aromatic heterocycles. The molecule has 0 aliphatic carbocycles. The van der Waals surface area contributed by atoms with Crippen molar-refractivity contribution in [2.45, 2.75) is 13.3 Å². The van der Waals surface area contributed by atoms with Crippen molar-refractivity contribution in [3.8, 4) is 0 Å². The first-order valence-corrected chi connectivity index (χ1v) is 5.99. The lowest BCUT2D eigenvalue weighted by Crippen LogP contribution is -2.22. The van der Waals surface area contributed by atoms with Crippen LogP contribution >= 0.6 is 11.6 Å². The van der Waals surface area contributed by atoms with Crippen LogP contribution < -0.4 is 5.32 Å². The van der Waals surface area contributed by atoms with Crippen LogP contribution in [-0.4, -0.2) is 36.6 Å². The van der Waals surface area contributed by atoms with Crippen molar-refractivity contribution in [2.75, 3.05) is 19.4 Å². The molecule has 0 bridgehead atoms. The minimum Gasteiger partial charge on any atom is -0.345 e. The van der Waals surface area contributed by atoms with E-state index in [1.165, 1.54) is 24.0 Å². The molecule has 1 N–H and O–H groups in total. The number of halogens is 1. The summed E-state index contributed by atoms with van der Waals surface area (Å²) in [5.74, 6) is -0.901.